The number of hydrogen-bond acceptors (Lipinski definition) is 1. The van der Waals surface area contributed by atoms with E-state index in [4.69, 9.17) is 4.74 Å². The van der Waals surface area contributed by atoms with E-state index in [-0.39, 0.29) is 46.5 Å². The van der Waals surface area contributed by atoms with Gasteiger partial charge in [0, 0.05) is 0 Å². The summed E-state index contributed by atoms with van der Waals surface area (Å²) in [7, 11) is 1.73. The summed E-state index contributed by atoms with van der Waals surface area (Å²) in [6, 6.07) is 8.24. The second kappa shape index (κ2) is 11.6. The Balaban J connectivity index is 0. The van der Waals surface area contributed by atoms with E-state index in [1.807, 2.05) is 12.1 Å². The van der Waals surface area contributed by atoms with Crippen molar-refractivity contribution in [3.63, 3.8) is 0 Å². The molecule has 0 unspecified atom stereocenters. The third-order valence-electron chi connectivity index (χ3n) is 2.85. The predicted molar refractivity (Wildman–Crippen MR) is 66.4 cm³/mol. The normalized spacial score (nSPS) is 11.7. The fraction of sp³-hybridized carbons (Fsp3) is 0.333. The molecule has 1 aliphatic carbocycles. The van der Waals surface area contributed by atoms with Crippen LogP contribution in [0.1, 0.15) is 24.8 Å². The first-order valence-electron chi connectivity index (χ1n) is 5.78. The van der Waals surface area contributed by atoms with E-state index in [0.717, 1.165) is 31.4 Å². The molecule has 0 aliphatic heterocycles. The average Bonchev–Trinajstić information content (AvgIpc) is 2.83. The van der Waals surface area contributed by atoms with Crippen molar-refractivity contribution < 1.29 is 51.3 Å². The van der Waals surface area contributed by atoms with Gasteiger partial charge >= 0.3 is 21.7 Å². The number of methoxy groups -OCH3 is 1. The van der Waals surface area contributed by atoms with Crippen LogP contribution in [-0.2, 0) is 28.1 Å². The Labute approximate surface area is 143 Å². The third-order valence-corrected chi connectivity index (χ3v) is 2.85. The zero-order valence-corrected chi connectivity index (χ0v) is 14.0. The first kappa shape index (κ1) is 21.1. The van der Waals surface area contributed by atoms with Crippen LogP contribution in [0.25, 0.3) is 0 Å². The average molecular weight is 332 g/mol. The van der Waals surface area contributed by atoms with Crippen molar-refractivity contribution in [2.75, 3.05) is 7.11 Å². The second-order valence-electron chi connectivity index (χ2n) is 3.97. The van der Waals surface area contributed by atoms with Crippen LogP contribution in [0, 0.1) is 6.08 Å². The molecule has 0 aromatic heterocycles. The molecule has 0 N–H and O–H groups in total. The molecule has 1 nitrogen and oxygen atoms in total. The Morgan fingerprint density at radius 1 is 1.16 bits per heavy atom. The van der Waals surface area contributed by atoms with Gasteiger partial charge in [-0.25, -0.2) is 11.6 Å². The fourth-order valence-corrected chi connectivity index (χ4v) is 2.00. The Bertz CT molecular complexity index is 416. The number of rotatable bonds is 5. The molecule has 1 aromatic carbocycles. The molecule has 0 atom stereocenters. The first-order valence-corrected chi connectivity index (χ1v) is 5.78. The van der Waals surface area contributed by atoms with Crippen molar-refractivity contribution in [1.82, 2.24) is 0 Å². The molecule has 19 heavy (non-hydrogen) atoms. The maximum atomic E-state index is 5.33. The van der Waals surface area contributed by atoms with Gasteiger partial charge in [-0.2, -0.15) is 6.08 Å². The van der Waals surface area contributed by atoms with Crippen molar-refractivity contribution in [2.24, 2.45) is 0 Å². The van der Waals surface area contributed by atoms with E-state index in [9.17, 15) is 0 Å². The van der Waals surface area contributed by atoms with Gasteiger partial charge < -0.3 is 29.6 Å². The minimum Gasteiger partial charge on any atom is -1.00 e. The Morgan fingerprint density at radius 3 is 2.53 bits per heavy atom. The second-order valence-corrected chi connectivity index (χ2v) is 3.97. The number of aryl methyl sites for hydroxylation is 1. The fourth-order valence-electron chi connectivity index (χ4n) is 2.00. The molecule has 0 heterocycles. The molecule has 1 aromatic rings. The molecule has 0 fully saturated rings. The van der Waals surface area contributed by atoms with E-state index < -0.39 is 0 Å². The van der Waals surface area contributed by atoms with Gasteiger partial charge in [-0.05, 0) is 24.5 Å². The van der Waals surface area contributed by atoms with Crippen LogP contribution in [-0.4, -0.2) is 7.11 Å². The van der Waals surface area contributed by atoms with Crippen LogP contribution in [0.5, 0.6) is 5.75 Å². The maximum Gasteiger partial charge on any atom is 3.00 e. The van der Waals surface area contributed by atoms with Crippen LogP contribution < -0.4 is 29.6 Å². The monoisotopic (exact) mass is 331 g/mol. The molecule has 0 bridgehead atoms. The van der Waals surface area contributed by atoms with Crippen LogP contribution in [0.15, 0.2) is 42.0 Å². The first-order chi connectivity index (χ1) is 7.90. The zero-order valence-electron chi connectivity index (χ0n) is 11.0. The van der Waals surface area contributed by atoms with E-state index in [2.05, 4.69) is 30.4 Å². The minimum atomic E-state index is 0. The molecule has 2 rings (SSSR count). The standard InChI is InChI=1S/C15H17O.2ClH.Ti/c1-16-15-12-5-4-10-14(15)11-6-9-13-7-2-3-8-13;;;/h2,4-5,7,10,12H,3,6,9,11H2,1H3;2*1H;/q-1;;;+3/p-2. The van der Waals surface area contributed by atoms with Crippen LogP contribution in [0.4, 0.5) is 0 Å². The summed E-state index contributed by atoms with van der Waals surface area (Å²) in [5.41, 5.74) is 2.66. The summed E-state index contributed by atoms with van der Waals surface area (Å²) in [4.78, 5) is 0. The molecule has 0 spiro atoms. The van der Waals surface area contributed by atoms with Gasteiger partial charge in [-0.1, -0.05) is 24.6 Å². The number of hydrogen-bond donors (Lipinski definition) is 0. The maximum absolute atomic E-state index is 5.33. The molecule has 4 heteroatoms. The SMILES string of the molecule is COc1ccccc1CCCC1=[C-]CC=C1.[Cl-].[Cl-].[Ti+3]. The van der Waals surface area contributed by atoms with Crippen molar-refractivity contribution in [1.29, 1.82) is 0 Å². The van der Waals surface area contributed by atoms with Gasteiger partial charge in [0.15, 0.2) is 0 Å². The number of benzene rings is 1. The minimum absolute atomic E-state index is 0. The van der Waals surface area contributed by atoms with Crippen LogP contribution >= 0.6 is 0 Å². The summed E-state index contributed by atoms with van der Waals surface area (Å²) in [5, 5.41) is 0. The van der Waals surface area contributed by atoms with Gasteiger partial charge in [0.25, 0.3) is 0 Å². The summed E-state index contributed by atoms with van der Waals surface area (Å²) in [5.74, 6) is 1.00. The summed E-state index contributed by atoms with van der Waals surface area (Å²) < 4.78 is 5.33. The molecule has 101 valence electrons. The molecule has 0 saturated heterocycles. The summed E-state index contributed by atoms with van der Waals surface area (Å²) in [6.45, 7) is 0. The van der Waals surface area contributed by atoms with Crippen molar-refractivity contribution in [3.05, 3.63) is 53.6 Å². The van der Waals surface area contributed by atoms with Gasteiger partial charge in [0.2, 0.25) is 0 Å². The summed E-state index contributed by atoms with van der Waals surface area (Å²) >= 11 is 0. The summed E-state index contributed by atoms with van der Waals surface area (Å²) in [6.07, 6.45) is 12.0. The van der Waals surface area contributed by atoms with E-state index in [0.29, 0.717) is 0 Å². The molecular weight excluding hydrogens is 315 g/mol. The Kier molecular flexibility index (Phi) is 12.9. The number of halogens is 2. The van der Waals surface area contributed by atoms with Crippen molar-refractivity contribution in [2.45, 2.75) is 25.7 Å². The third kappa shape index (κ3) is 6.67. The number of allylic oxidation sites excluding steroid dienone is 4. The number of para-hydroxylation sites is 1. The molecular formula is C15H17Cl2OTi. The van der Waals surface area contributed by atoms with Gasteiger partial charge in [-0.15, -0.1) is 6.42 Å². The predicted octanol–water partition coefficient (Wildman–Crippen LogP) is -2.29. The smallest absolute Gasteiger partial charge is 1.00 e. The van der Waals surface area contributed by atoms with E-state index >= 15 is 0 Å². The van der Waals surface area contributed by atoms with Crippen molar-refractivity contribution in [3.8, 4) is 5.75 Å². The molecule has 0 amide bonds. The Hall–Kier alpha value is -0.206. The van der Waals surface area contributed by atoms with Crippen molar-refractivity contribution >= 4 is 0 Å². The Morgan fingerprint density at radius 2 is 1.89 bits per heavy atom. The van der Waals surface area contributed by atoms with Gasteiger partial charge in [-0.3, -0.25) is 6.08 Å². The quantitative estimate of drug-likeness (QED) is 0.436. The van der Waals surface area contributed by atoms with Crippen LogP contribution in [0.3, 0.4) is 0 Å². The van der Waals surface area contributed by atoms with Crippen LogP contribution in [0.2, 0.25) is 0 Å². The molecule has 0 saturated carbocycles. The number of ether oxygens (including phenoxy) is 1. The largest absolute Gasteiger partial charge is 3.00 e. The molecule has 1 aliphatic rings. The van der Waals surface area contributed by atoms with Gasteiger partial charge in [0.05, 0.1) is 7.11 Å². The topological polar surface area (TPSA) is 9.23 Å². The zero-order chi connectivity index (χ0) is 11.2. The molecule has 1 radical (unpaired) electrons. The van der Waals surface area contributed by atoms with Gasteiger partial charge in [0.1, 0.15) is 5.75 Å². The van der Waals surface area contributed by atoms with E-state index in [1.54, 1.807) is 7.11 Å². The van der Waals surface area contributed by atoms with E-state index in [1.165, 1.54) is 11.1 Å².